The molecule has 0 amide bonds. The van der Waals surface area contributed by atoms with E-state index in [1.165, 1.54) is 23.4 Å². The fourth-order valence-electron chi connectivity index (χ4n) is 1.82. The highest BCUT2D eigenvalue weighted by Gasteiger charge is 2.23. The lowest BCUT2D eigenvalue weighted by atomic mass is 10.1. The molecule has 1 aromatic rings. The van der Waals surface area contributed by atoms with Crippen LogP contribution >= 0.6 is 11.3 Å². The van der Waals surface area contributed by atoms with Gasteiger partial charge in [0.2, 0.25) is 0 Å². The van der Waals surface area contributed by atoms with Gasteiger partial charge in [0.15, 0.2) is 5.13 Å². The molecule has 0 unspecified atom stereocenters. The highest BCUT2D eigenvalue weighted by Crippen LogP contribution is 2.31. The number of aromatic nitrogens is 1. The minimum atomic E-state index is 0.500. The summed E-state index contributed by atoms with van der Waals surface area (Å²) >= 11 is 1.85. The molecule has 0 saturated heterocycles. The van der Waals surface area contributed by atoms with Crippen molar-refractivity contribution in [1.82, 2.24) is 10.3 Å². The summed E-state index contributed by atoms with van der Waals surface area (Å²) in [5.74, 6) is 0.506. The molecule has 102 valence electrons. The van der Waals surface area contributed by atoms with Crippen molar-refractivity contribution < 1.29 is 0 Å². The van der Waals surface area contributed by atoms with Crippen LogP contribution in [0, 0.1) is 0 Å². The van der Waals surface area contributed by atoms with Gasteiger partial charge in [-0.05, 0) is 32.6 Å². The number of nitrogens with one attached hydrogen (secondary N) is 1. The summed E-state index contributed by atoms with van der Waals surface area (Å²) < 4.78 is 0. The molecule has 1 aliphatic carbocycles. The van der Waals surface area contributed by atoms with E-state index >= 15 is 0 Å². The van der Waals surface area contributed by atoms with Crippen LogP contribution < -0.4 is 10.2 Å². The first kappa shape index (κ1) is 13.8. The smallest absolute Gasteiger partial charge is 0.185 e. The van der Waals surface area contributed by atoms with Crippen LogP contribution in [0.1, 0.15) is 57.0 Å². The summed E-state index contributed by atoms with van der Waals surface area (Å²) in [6.45, 7) is 9.86. The number of anilines is 1. The van der Waals surface area contributed by atoms with E-state index in [1.54, 1.807) is 0 Å². The van der Waals surface area contributed by atoms with Crippen molar-refractivity contribution in [3.8, 4) is 0 Å². The van der Waals surface area contributed by atoms with E-state index < -0.39 is 0 Å². The van der Waals surface area contributed by atoms with Gasteiger partial charge in [0.25, 0.3) is 0 Å². The lowest BCUT2D eigenvalue weighted by Crippen LogP contribution is -2.25. The van der Waals surface area contributed by atoms with Crippen LogP contribution in [0.15, 0.2) is 0 Å². The highest BCUT2D eigenvalue weighted by atomic mass is 32.1. The monoisotopic (exact) mass is 267 g/mol. The van der Waals surface area contributed by atoms with Gasteiger partial charge in [0.1, 0.15) is 0 Å². The summed E-state index contributed by atoms with van der Waals surface area (Å²) in [6, 6.07) is 1.26. The zero-order valence-corrected chi connectivity index (χ0v) is 13.0. The molecule has 0 aromatic carbocycles. The molecular formula is C14H25N3S. The van der Waals surface area contributed by atoms with Crippen LogP contribution in [0.3, 0.4) is 0 Å². The molecule has 0 spiro atoms. The lowest BCUT2D eigenvalue weighted by Gasteiger charge is -2.19. The highest BCUT2D eigenvalue weighted by molar-refractivity contribution is 7.15. The van der Waals surface area contributed by atoms with E-state index in [2.05, 4.69) is 45.0 Å². The van der Waals surface area contributed by atoms with E-state index in [-0.39, 0.29) is 0 Å². The first-order valence-electron chi connectivity index (χ1n) is 6.94. The Hall–Kier alpha value is -0.610. The van der Waals surface area contributed by atoms with Gasteiger partial charge >= 0.3 is 0 Å². The molecule has 1 aromatic heterocycles. The molecule has 1 saturated carbocycles. The minimum absolute atomic E-state index is 0.500. The Labute approximate surface area is 115 Å². The van der Waals surface area contributed by atoms with Crippen LogP contribution in [0.5, 0.6) is 0 Å². The zero-order chi connectivity index (χ0) is 13.3. The van der Waals surface area contributed by atoms with Crippen molar-refractivity contribution in [2.24, 2.45) is 0 Å². The summed E-state index contributed by atoms with van der Waals surface area (Å²) in [6.07, 6.45) is 2.68. The minimum Gasteiger partial charge on any atom is -0.349 e. The Balaban J connectivity index is 2.14. The van der Waals surface area contributed by atoms with Crippen LogP contribution in [-0.4, -0.2) is 24.1 Å². The average Bonchev–Trinajstić information content (AvgIpc) is 3.03. The summed E-state index contributed by atoms with van der Waals surface area (Å²) in [5.41, 5.74) is 1.27. The summed E-state index contributed by atoms with van der Waals surface area (Å²) in [5, 5.41) is 4.76. The largest absolute Gasteiger partial charge is 0.349 e. The van der Waals surface area contributed by atoms with Gasteiger partial charge < -0.3 is 10.2 Å². The Morgan fingerprint density at radius 2 is 2.00 bits per heavy atom. The molecule has 0 aliphatic heterocycles. The number of hydrogen-bond acceptors (Lipinski definition) is 4. The maximum absolute atomic E-state index is 4.83. The third-order valence-electron chi connectivity index (χ3n) is 3.47. The Morgan fingerprint density at radius 1 is 1.33 bits per heavy atom. The van der Waals surface area contributed by atoms with E-state index in [0.29, 0.717) is 12.0 Å². The van der Waals surface area contributed by atoms with Gasteiger partial charge in [-0.1, -0.05) is 13.8 Å². The first-order chi connectivity index (χ1) is 8.49. The van der Waals surface area contributed by atoms with Crippen molar-refractivity contribution in [2.75, 3.05) is 11.9 Å². The molecule has 1 aliphatic rings. The van der Waals surface area contributed by atoms with E-state index in [9.17, 15) is 0 Å². The SMILES string of the molecule is CC(C)c1nc(N(C)C(C)C)sc1CNC1CC1. The predicted molar refractivity (Wildman–Crippen MR) is 79.6 cm³/mol. The first-order valence-corrected chi connectivity index (χ1v) is 7.76. The van der Waals surface area contributed by atoms with Crippen LogP contribution in [0.4, 0.5) is 5.13 Å². The third kappa shape index (κ3) is 3.23. The zero-order valence-electron chi connectivity index (χ0n) is 12.2. The molecule has 1 N–H and O–H groups in total. The second kappa shape index (κ2) is 5.57. The van der Waals surface area contributed by atoms with E-state index in [4.69, 9.17) is 4.98 Å². The van der Waals surface area contributed by atoms with Gasteiger partial charge in [0.05, 0.1) is 5.69 Å². The van der Waals surface area contributed by atoms with Gasteiger partial charge in [-0.2, -0.15) is 0 Å². The average molecular weight is 267 g/mol. The molecule has 1 heterocycles. The van der Waals surface area contributed by atoms with Crippen LogP contribution in [0.25, 0.3) is 0 Å². The van der Waals surface area contributed by atoms with E-state index in [0.717, 1.165) is 17.7 Å². The van der Waals surface area contributed by atoms with Gasteiger partial charge in [-0.15, -0.1) is 11.3 Å². The van der Waals surface area contributed by atoms with Crippen molar-refractivity contribution in [1.29, 1.82) is 0 Å². The van der Waals surface area contributed by atoms with Crippen LogP contribution in [0.2, 0.25) is 0 Å². The molecule has 0 bridgehead atoms. The molecule has 0 radical (unpaired) electrons. The van der Waals surface area contributed by atoms with Gasteiger partial charge in [0, 0.05) is 30.6 Å². The maximum Gasteiger partial charge on any atom is 0.185 e. The fourth-order valence-corrected chi connectivity index (χ4v) is 3.09. The Bertz CT molecular complexity index is 394. The predicted octanol–water partition coefficient (Wildman–Crippen LogP) is 3.36. The normalized spacial score (nSPS) is 15.7. The summed E-state index contributed by atoms with van der Waals surface area (Å²) in [7, 11) is 2.13. The number of hydrogen-bond donors (Lipinski definition) is 1. The quantitative estimate of drug-likeness (QED) is 0.856. The topological polar surface area (TPSA) is 28.2 Å². The molecule has 1 fully saturated rings. The number of rotatable bonds is 6. The molecule has 0 atom stereocenters. The fraction of sp³-hybridized carbons (Fsp3) is 0.786. The summed E-state index contributed by atoms with van der Waals surface area (Å²) in [4.78, 5) is 8.51. The Kier molecular flexibility index (Phi) is 4.28. The Morgan fingerprint density at radius 3 is 2.50 bits per heavy atom. The molecule has 2 rings (SSSR count). The van der Waals surface area contributed by atoms with Crippen molar-refractivity contribution in [3.05, 3.63) is 10.6 Å². The molecule has 18 heavy (non-hydrogen) atoms. The van der Waals surface area contributed by atoms with Crippen molar-refractivity contribution in [3.63, 3.8) is 0 Å². The van der Waals surface area contributed by atoms with Crippen molar-refractivity contribution >= 4 is 16.5 Å². The standard InChI is InChI=1S/C14H25N3S/c1-9(2)13-12(8-15-11-6-7-11)18-14(16-13)17(5)10(3)4/h9-11,15H,6-8H2,1-5H3. The van der Waals surface area contributed by atoms with Crippen LogP contribution in [-0.2, 0) is 6.54 Å². The molecule has 3 nitrogen and oxygen atoms in total. The lowest BCUT2D eigenvalue weighted by molar-refractivity contribution is 0.680. The number of thiazole rings is 1. The molecule has 4 heteroatoms. The molecular weight excluding hydrogens is 242 g/mol. The third-order valence-corrected chi connectivity index (χ3v) is 4.63. The second-order valence-electron chi connectivity index (χ2n) is 5.82. The van der Waals surface area contributed by atoms with Crippen molar-refractivity contribution in [2.45, 2.75) is 65.1 Å². The second-order valence-corrected chi connectivity index (χ2v) is 6.88. The van der Waals surface area contributed by atoms with Gasteiger partial charge in [-0.25, -0.2) is 4.98 Å². The van der Waals surface area contributed by atoms with E-state index in [1.807, 2.05) is 11.3 Å². The maximum atomic E-state index is 4.83. The number of nitrogens with zero attached hydrogens (tertiary/aromatic N) is 2. The van der Waals surface area contributed by atoms with Gasteiger partial charge in [-0.3, -0.25) is 0 Å².